The minimum absolute atomic E-state index is 0.105. The zero-order valence-electron chi connectivity index (χ0n) is 10.8. The molecule has 0 heterocycles. The molecule has 0 saturated carbocycles. The molecular weight excluding hydrogens is 212 g/mol. The van der Waals surface area contributed by atoms with Crippen molar-refractivity contribution in [3.8, 4) is 0 Å². The van der Waals surface area contributed by atoms with E-state index in [1.807, 2.05) is 6.08 Å². The minimum atomic E-state index is -0.191. The van der Waals surface area contributed by atoms with Crippen LogP contribution in [0.4, 0.5) is 0 Å². The lowest BCUT2D eigenvalue weighted by molar-refractivity contribution is -0.118. The van der Waals surface area contributed by atoms with Crippen molar-refractivity contribution in [2.45, 2.75) is 33.6 Å². The molecule has 3 heteroatoms. The van der Waals surface area contributed by atoms with Crippen molar-refractivity contribution >= 4 is 12.0 Å². The van der Waals surface area contributed by atoms with Crippen LogP contribution in [-0.2, 0) is 4.79 Å². The van der Waals surface area contributed by atoms with Gasteiger partial charge in [-0.3, -0.25) is 4.79 Å². The van der Waals surface area contributed by atoms with Gasteiger partial charge in [-0.1, -0.05) is 39.0 Å². The molecule has 2 unspecified atom stereocenters. The van der Waals surface area contributed by atoms with Gasteiger partial charge >= 0.3 is 6.21 Å². The maximum atomic E-state index is 11.7. The molecule has 0 fully saturated rings. The second kappa shape index (κ2) is 4.80. The van der Waals surface area contributed by atoms with Gasteiger partial charge in [-0.25, -0.2) is 0 Å². The van der Waals surface area contributed by atoms with Gasteiger partial charge in [0.25, 0.3) is 0 Å². The van der Waals surface area contributed by atoms with E-state index >= 15 is 0 Å². The molecular formula is C14H20N2O. The number of ketones is 1. The van der Waals surface area contributed by atoms with E-state index in [0.29, 0.717) is 6.42 Å². The van der Waals surface area contributed by atoms with Crippen LogP contribution in [0.15, 0.2) is 24.8 Å². The summed E-state index contributed by atoms with van der Waals surface area (Å²) in [6.45, 7) is 10.2. The molecule has 3 nitrogen and oxygen atoms in total. The average Bonchev–Trinajstić information content (AvgIpc) is 2.54. The fourth-order valence-electron chi connectivity index (χ4n) is 2.62. The summed E-state index contributed by atoms with van der Waals surface area (Å²) in [5.41, 5.74) is 8.32. The maximum Gasteiger partial charge on any atom is 0.323 e. The van der Waals surface area contributed by atoms with Crippen molar-refractivity contribution in [2.75, 3.05) is 0 Å². The summed E-state index contributed by atoms with van der Waals surface area (Å²) in [7, 11) is 0. The molecule has 0 aromatic carbocycles. The van der Waals surface area contributed by atoms with E-state index < -0.39 is 0 Å². The van der Waals surface area contributed by atoms with Crippen LogP contribution in [0.2, 0.25) is 0 Å². The molecule has 92 valence electrons. The summed E-state index contributed by atoms with van der Waals surface area (Å²) < 4.78 is 0. The number of allylic oxidation sites excluding steroid dienone is 3. The van der Waals surface area contributed by atoms with Crippen LogP contribution in [0.5, 0.6) is 0 Å². The van der Waals surface area contributed by atoms with E-state index in [9.17, 15) is 4.79 Å². The van der Waals surface area contributed by atoms with Crippen LogP contribution in [0.1, 0.15) is 33.6 Å². The lowest BCUT2D eigenvalue weighted by Crippen LogP contribution is -2.29. The first-order valence-electron chi connectivity index (χ1n) is 5.88. The first-order valence-corrected chi connectivity index (χ1v) is 5.88. The van der Waals surface area contributed by atoms with Crippen LogP contribution in [-0.4, -0.2) is 16.8 Å². The van der Waals surface area contributed by atoms with E-state index in [1.165, 1.54) is 0 Å². The average molecular weight is 232 g/mol. The Morgan fingerprint density at radius 2 is 2.24 bits per heavy atom. The van der Waals surface area contributed by atoms with Crippen molar-refractivity contribution < 1.29 is 9.58 Å². The molecule has 17 heavy (non-hydrogen) atoms. The van der Waals surface area contributed by atoms with Crippen molar-refractivity contribution in [1.29, 1.82) is 0 Å². The summed E-state index contributed by atoms with van der Waals surface area (Å²) in [5, 5.41) is 0. The van der Waals surface area contributed by atoms with E-state index in [0.717, 1.165) is 12.6 Å². The molecule has 0 radical (unpaired) electrons. The van der Waals surface area contributed by atoms with Gasteiger partial charge < -0.3 is 5.53 Å². The molecule has 0 amide bonds. The van der Waals surface area contributed by atoms with Gasteiger partial charge in [0.2, 0.25) is 5.78 Å². The third kappa shape index (κ3) is 3.01. The summed E-state index contributed by atoms with van der Waals surface area (Å²) in [4.78, 5) is 14.5. The number of carbonyl (C=O) groups excluding carboxylic acids is 1. The van der Waals surface area contributed by atoms with Gasteiger partial charge in [0.05, 0.1) is 0 Å². The Hall–Kier alpha value is -1.47. The number of hydrogen-bond donors (Lipinski definition) is 0. The molecule has 0 aliphatic heterocycles. The van der Waals surface area contributed by atoms with E-state index in [-0.39, 0.29) is 22.5 Å². The van der Waals surface area contributed by atoms with Gasteiger partial charge in [-0.05, 0) is 17.8 Å². The lowest BCUT2D eigenvalue weighted by Gasteiger charge is -2.34. The van der Waals surface area contributed by atoms with Crippen molar-refractivity contribution in [1.82, 2.24) is 0 Å². The molecule has 2 atom stereocenters. The molecule has 0 aromatic heterocycles. The number of rotatable bonds is 5. The fourth-order valence-corrected chi connectivity index (χ4v) is 2.62. The van der Waals surface area contributed by atoms with Crippen LogP contribution >= 0.6 is 0 Å². The topological polar surface area (TPSA) is 53.5 Å². The predicted octanol–water partition coefficient (Wildman–Crippen LogP) is 3.04. The molecule has 0 saturated heterocycles. The minimum Gasteiger partial charge on any atom is -0.361 e. The Kier molecular flexibility index (Phi) is 3.84. The fraction of sp³-hybridized carbons (Fsp3) is 0.571. The molecule has 1 aliphatic rings. The highest BCUT2D eigenvalue weighted by molar-refractivity contribution is 6.25. The third-order valence-corrected chi connectivity index (χ3v) is 3.62. The smallest absolute Gasteiger partial charge is 0.323 e. The number of Topliss-reactive ketones (excluding diaryl/α,β-unsaturated/α-hetero) is 1. The number of carbonyl (C=O) groups is 1. The second-order valence-electron chi connectivity index (χ2n) is 5.64. The number of nitrogens with zero attached hydrogens (tertiary/aromatic N) is 2. The van der Waals surface area contributed by atoms with Gasteiger partial charge in [-0.2, -0.15) is 4.79 Å². The molecule has 0 aromatic rings. The molecule has 1 rings (SSSR count). The van der Waals surface area contributed by atoms with E-state index in [2.05, 4.69) is 44.3 Å². The highest BCUT2D eigenvalue weighted by Gasteiger charge is 2.43. The highest BCUT2D eigenvalue weighted by atomic mass is 16.1. The predicted molar refractivity (Wildman–Crippen MR) is 68.6 cm³/mol. The molecule has 1 aliphatic carbocycles. The first kappa shape index (κ1) is 13.6. The standard InChI is InChI=1S/C14H20N2O/c1-5-11(2)14(8-12(17)9-16-15)7-6-13(3,4)10-14/h5-7,9,11H,1,8,10H2,2-4H3. The van der Waals surface area contributed by atoms with Crippen LogP contribution in [0.3, 0.4) is 0 Å². The lowest BCUT2D eigenvalue weighted by atomic mass is 9.69. The normalized spacial score (nSPS) is 27.2. The van der Waals surface area contributed by atoms with Crippen LogP contribution in [0, 0.1) is 16.7 Å². The number of hydrogen-bond acceptors (Lipinski definition) is 1. The molecule has 0 bridgehead atoms. The SMILES string of the molecule is C=CC(C)C1(CC(=O)C=[N+]=[N-])C=CC(C)(C)C1. The van der Waals surface area contributed by atoms with Crippen LogP contribution < -0.4 is 0 Å². The molecule has 0 spiro atoms. The van der Waals surface area contributed by atoms with Gasteiger partial charge in [0.15, 0.2) is 0 Å². The van der Waals surface area contributed by atoms with E-state index in [1.54, 1.807) is 0 Å². The van der Waals surface area contributed by atoms with Crippen LogP contribution in [0.25, 0.3) is 5.53 Å². The second-order valence-corrected chi connectivity index (χ2v) is 5.64. The zero-order chi connectivity index (χ0) is 13.1. The summed E-state index contributed by atoms with van der Waals surface area (Å²) in [5.74, 6) is 0.0696. The van der Waals surface area contributed by atoms with Crippen molar-refractivity contribution in [2.24, 2.45) is 16.7 Å². The summed E-state index contributed by atoms with van der Waals surface area (Å²) in [6.07, 6.45) is 8.44. The zero-order valence-corrected chi connectivity index (χ0v) is 10.8. The van der Waals surface area contributed by atoms with Crippen molar-refractivity contribution in [3.63, 3.8) is 0 Å². The Labute approximate surface area is 103 Å². The summed E-state index contributed by atoms with van der Waals surface area (Å²) in [6, 6.07) is 0. The Morgan fingerprint density at radius 1 is 1.59 bits per heavy atom. The van der Waals surface area contributed by atoms with Gasteiger partial charge in [-0.15, -0.1) is 6.58 Å². The Bertz CT molecular complexity index is 402. The monoisotopic (exact) mass is 232 g/mol. The Balaban J connectivity index is 2.98. The van der Waals surface area contributed by atoms with E-state index in [4.69, 9.17) is 5.53 Å². The van der Waals surface area contributed by atoms with Gasteiger partial charge in [0, 0.05) is 11.8 Å². The quantitative estimate of drug-likeness (QED) is 0.311. The summed E-state index contributed by atoms with van der Waals surface area (Å²) >= 11 is 0. The molecule has 0 N–H and O–H groups in total. The largest absolute Gasteiger partial charge is 0.361 e. The first-order chi connectivity index (χ1) is 7.85. The third-order valence-electron chi connectivity index (χ3n) is 3.62. The highest BCUT2D eigenvalue weighted by Crippen LogP contribution is 2.50. The van der Waals surface area contributed by atoms with Crippen molar-refractivity contribution in [3.05, 3.63) is 30.3 Å². The van der Waals surface area contributed by atoms with Gasteiger partial charge in [0.1, 0.15) is 0 Å². The maximum absolute atomic E-state index is 11.7. The Morgan fingerprint density at radius 3 is 2.65 bits per heavy atom.